The van der Waals surface area contributed by atoms with Crippen molar-refractivity contribution in [1.29, 1.82) is 0 Å². The Morgan fingerprint density at radius 2 is 1.62 bits per heavy atom. The van der Waals surface area contributed by atoms with Crippen molar-refractivity contribution < 1.29 is 34.2 Å². The molecular formula is C24H34N6O7. The van der Waals surface area contributed by atoms with Crippen LogP contribution in [0.3, 0.4) is 0 Å². The fourth-order valence-electron chi connectivity index (χ4n) is 3.72. The van der Waals surface area contributed by atoms with E-state index in [1.807, 2.05) is 24.3 Å². The molecule has 13 nitrogen and oxygen atoms in total. The molecule has 4 atom stereocenters. The molecule has 3 amide bonds. The minimum atomic E-state index is -1.67. The highest BCUT2D eigenvalue weighted by Gasteiger charge is 2.29. The van der Waals surface area contributed by atoms with Crippen molar-refractivity contribution in [3.8, 4) is 0 Å². The van der Waals surface area contributed by atoms with Gasteiger partial charge in [0.25, 0.3) is 0 Å². The van der Waals surface area contributed by atoms with E-state index in [0.29, 0.717) is 19.4 Å². The molecule has 0 saturated heterocycles. The number of carbonyl (C=O) groups excluding carboxylic acids is 3. The number of nitrogens with one attached hydrogen (secondary N) is 4. The summed E-state index contributed by atoms with van der Waals surface area (Å²) in [5.74, 6) is -5.03. The van der Waals surface area contributed by atoms with Crippen LogP contribution in [0.5, 0.6) is 0 Å². The Kier molecular flexibility index (Phi) is 11.0. The molecule has 0 fully saturated rings. The zero-order valence-corrected chi connectivity index (χ0v) is 20.5. The van der Waals surface area contributed by atoms with E-state index in [1.165, 1.54) is 6.92 Å². The van der Waals surface area contributed by atoms with Crippen LogP contribution in [-0.4, -0.2) is 75.6 Å². The molecule has 0 bridgehead atoms. The number of aliphatic carboxylic acids is 2. The zero-order valence-electron chi connectivity index (χ0n) is 20.5. The van der Waals surface area contributed by atoms with Gasteiger partial charge in [0.05, 0.1) is 12.5 Å². The van der Waals surface area contributed by atoms with Gasteiger partial charge >= 0.3 is 11.9 Å². The summed E-state index contributed by atoms with van der Waals surface area (Å²) in [4.78, 5) is 63.4. The van der Waals surface area contributed by atoms with Gasteiger partial charge in [-0.2, -0.15) is 0 Å². The fraction of sp³-hybridized carbons (Fsp3) is 0.458. The number of H-pyrrole nitrogens is 1. The van der Waals surface area contributed by atoms with E-state index < -0.39 is 60.2 Å². The Morgan fingerprint density at radius 1 is 0.946 bits per heavy atom. The van der Waals surface area contributed by atoms with Crippen molar-refractivity contribution >= 4 is 40.6 Å². The molecule has 0 radical (unpaired) electrons. The summed E-state index contributed by atoms with van der Waals surface area (Å²) in [5, 5.41) is 26.2. The third-order valence-electron chi connectivity index (χ3n) is 5.78. The van der Waals surface area contributed by atoms with Gasteiger partial charge in [0.1, 0.15) is 18.1 Å². The Labute approximate surface area is 213 Å². The number of aromatic nitrogens is 1. The molecule has 13 heteroatoms. The number of carboxylic acids is 2. The van der Waals surface area contributed by atoms with E-state index in [0.717, 1.165) is 16.5 Å². The number of carboxylic acid groups (broad SMARTS) is 2. The lowest BCUT2D eigenvalue weighted by atomic mass is 10.0. The molecule has 2 rings (SSSR count). The Balaban J connectivity index is 1.99. The minimum absolute atomic E-state index is 0.134. The fourth-order valence-corrected chi connectivity index (χ4v) is 3.72. The van der Waals surface area contributed by atoms with Crippen molar-refractivity contribution in [3.05, 3.63) is 36.0 Å². The molecule has 37 heavy (non-hydrogen) atoms. The first-order valence-corrected chi connectivity index (χ1v) is 11.9. The maximum absolute atomic E-state index is 12.8. The van der Waals surface area contributed by atoms with Crippen LogP contribution in [0.1, 0.15) is 38.2 Å². The van der Waals surface area contributed by atoms with Crippen LogP contribution in [0.2, 0.25) is 0 Å². The third kappa shape index (κ3) is 8.88. The highest BCUT2D eigenvalue weighted by Crippen LogP contribution is 2.18. The number of rotatable bonds is 15. The first-order chi connectivity index (χ1) is 17.5. The van der Waals surface area contributed by atoms with Gasteiger partial charge in [-0.25, -0.2) is 4.79 Å². The lowest BCUT2D eigenvalue weighted by Gasteiger charge is -2.23. The van der Waals surface area contributed by atoms with E-state index in [4.69, 9.17) is 16.6 Å². The molecule has 0 saturated carbocycles. The highest BCUT2D eigenvalue weighted by molar-refractivity contribution is 5.94. The van der Waals surface area contributed by atoms with Gasteiger partial charge in [0, 0.05) is 17.1 Å². The Hall–Kier alpha value is -3.97. The van der Waals surface area contributed by atoms with E-state index >= 15 is 0 Å². The number of nitrogens with two attached hydrogens (primary N) is 2. The lowest BCUT2D eigenvalue weighted by molar-refractivity contribution is -0.147. The second-order valence-corrected chi connectivity index (χ2v) is 8.74. The van der Waals surface area contributed by atoms with Gasteiger partial charge in [-0.05, 0) is 50.8 Å². The predicted molar refractivity (Wildman–Crippen MR) is 134 cm³/mol. The van der Waals surface area contributed by atoms with E-state index in [-0.39, 0.29) is 12.8 Å². The Morgan fingerprint density at radius 3 is 2.27 bits per heavy atom. The van der Waals surface area contributed by atoms with Crippen LogP contribution in [0.25, 0.3) is 10.9 Å². The van der Waals surface area contributed by atoms with Crippen LogP contribution in [-0.2, 0) is 30.4 Å². The monoisotopic (exact) mass is 518 g/mol. The summed E-state index contributed by atoms with van der Waals surface area (Å²) in [6, 6.07) is 2.74. The van der Waals surface area contributed by atoms with Gasteiger partial charge in [-0.1, -0.05) is 18.2 Å². The molecule has 0 aliphatic heterocycles. The number of hydrogen-bond donors (Lipinski definition) is 8. The molecule has 0 spiro atoms. The van der Waals surface area contributed by atoms with Crippen molar-refractivity contribution in [2.75, 3.05) is 6.54 Å². The lowest BCUT2D eigenvalue weighted by Crippen LogP contribution is -2.56. The molecule has 4 unspecified atom stereocenters. The molecule has 2 aromatic rings. The minimum Gasteiger partial charge on any atom is -0.481 e. The number of aromatic amines is 1. The summed E-state index contributed by atoms with van der Waals surface area (Å²) in [5.41, 5.74) is 13.3. The molecule has 1 aromatic carbocycles. The van der Waals surface area contributed by atoms with Crippen molar-refractivity contribution in [2.45, 2.75) is 63.2 Å². The molecule has 10 N–H and O–H groups in total. The van der Waals surface area contributed by atoms with Gasteiger partial charge in [-0.3, -0.25) is 19.2 Å². The number of unbranched alkanes of at least 4 members (excludes halogenated alkanes) is 1. The maximum atomic E-state index is 12.8. The second-order valence-electron chi connectivity index (χ2n) is 8.74. The van der Waals surface area contributed by atoms with Gasteiger partial charge in [-0.15, -0.1) is 0 Å². The summed E-state index contributed by atoms with van der Waals surface area (Å²) in [6.07, 6.45) is 2.30. The highest BCUT2D eigenvalue weighted by atomic mass is 16.4. The van der Waals surface area contributed by atoms with E-state index in [1.54, 1.807) is 6.20 Å². The first-order valence-electron chi connectivity index (χ1n) is 11.9. The summed E-state index contributed by atoms with van der Waals surface area (Å²) in [6.45, 7) is 1.77. The topological polar surface area (TPSA) is 230 Å². The van der Waals surface area contributed by atoms with E-state index in [9.17, 15) is 29.1 Å². The zero-order chi connectivity index (χ0) is 27.5. The van der Waals surface area contributed by atoms with Crippen LogP contribution in [0, 0.1) is 0 Å². The summed E-state index contributed by atoms with van der Waals surface area (Å²) < 4.78 is 0. The van der Waals surface area contributed by atoms with Crippen molar-refractivity contribution in [2.24, 2.45) is 11.5 Å². The van der Waals surface area contributed by atoms with E-state index in [2.05, 4.69) is 20.9 Å². The maximum Gasteiger partial charge on any atom is 0.326 e. The molecule has 0 aliphatic carbocycles. The molecule has 1 heterocycles. The van der Waals surface area contributed by atoms with Crippen molar-refractivity contribution in [1.82, 2.24) is 20.9 Å². The quantitative estimate of drug-likeness (QED) is 0.138. The smallest absolute Gasteiger partial charge is 0.326 e. The molecule has 0 aliphatic rings. The molecule has 202 valence electrons. The number of carbonyl (C=O) groups is 5. The van der Waals surface area contributed by atoms with Gasteiger partial charge < -0.3 is 42.6 Å². The van der Waals surface area contributed by atoms with Gasteiger partial charge in [0.15, 0.2) is 0 Å². The third-order valence-corrected chi connectivity index (χ3v) is 5.78. The van der Waals surface area contributed by atoms with Crippen LogP contribution in [0.15, 0.2) is 30.5 Å². The van der Waals surface area contributed by atoms with Crippen LogP contribution in [0.4, 0.5) is 0 Å². The number of hydrogen-bond acceptors (Lipinski definition) is 7. The average Bonchev–Trinajstić information content (AvgIpc) is 3.25. The van der Waals surface area contributed by atoms with Crippen LogP contribution >= 0.6 is 0 Å². The van der Waals surface area contributed by atoms with Gasteiger partial charge in [0.2, 0.25) is 17.7 Å². The normalized spacial score (nSPS) is 14.2. The molecular weight excluding hydrogens is 484 g/mol. The number of benzene rings is 1. The van der Waals surface area contributed by atoms with Crippen molar-refractivity contribution in [3.63, 3.8) is 0 Å². The SMILES string of the molecule is CC(NC(=O)C(N)Cc1c[nH]c2ccccc12)C(=O)NC(CCCCN)C(=O)NC(CC(=O)O)C(=O)O. The number of fused-ring (bicyclic) bond motifs is 1. The van der Waals surface area contributed by atoms with Crippen LogP contribution < -0.4 is 27.4 Å². The predicted octanol–water partition coefficient (Wildman–Crippen LogP) is -0.800. The second kappa shape index (κ2) is 13.9. The standard InChI is InChI=1S/C24H34N6O7/c1-13(28-22(34)16(26)10-14-12-27-17-7-3-2-6-15(14)17)21(33)29-18(8-4-5-9-25)23(35)30-19(24(36)37)11-20(31)32/h2-3,6-7,12-13,16,18-19,27H,4-5,8-11,25-26H2,1H3,(H,28,34)(H,29,33)(H,30,35)(H,31,32)(H,36,37). The average molecular weight is 519 g/mol. The number of amides is 3. The largest absolute Gasteiger partial charge is 0.481 e. The Bertz CT molecular complexity index is 1120. The summed E-state index contributed by atoms with van der Waals surface area (Å²) >= 11 is 0. The first kappa shape index (κ1) is 29.3. The molecule has 1 aromatic heterocycles. The number of para-hydroxylation sites is 1. The summed E-state index contributed by atoms with van der Waals surface area (Å²) in [7, 11) is 0.